The van der Waals surface area contributed by atoms with Gasteiger partial charge in [0.1, 0.15) is 11.9 Å². The first kappa shape index (κ1) is 24.5. The number of halogens is 2. The largest absolute Gasteiger partial charge is 0.351 e. The van der Waals surface area contributed by atoms with Crippen LogP contribution in [-0.2, 0) is 4.79 Å². The smallest absolute Gasteiger partial charge is 0.320 e. The Balaban J connectivity index is 1.58. The number of nitrogens with two attached hydrogens (primary N) is 1. The highest BCUT2D eigenvalue weighted by Gasteiger charge is 2.34. The van der Waals surface area contributed by atoms with Crippen LogP contribution in [0, 0.1) is 5.82 Å². The Kier molecular flexibility index (Phi) is 7.82. The molecule has 1 heterocycles. The van der Waals surface area contributed by atoms with Gasteiger partial charge < -0.3 is 11.1 Å². The van der Waals surface area contributed by atoms with E-state index in [0.717, 1.165) is 36.5 Å². The van der Waals surface area contributed by atoms with Gasteiger partial charge in [0.15, 0.2) is 0 Å². The number of urea groups is 1. The highest BCUT2D eigenvalue weighted by Crippen LogP contribution is 2.30. The molecule has 0 radical (unpaired) electrons. The third kappa shape index (κ3) is 6.08. The van der Waals surface area contributed by atoms with E-state index in [1.807, 2.05) is 12.2 Å². The molecule has 35 heavy (non-hydrogen) atoms. The van der Waals surface area contributed by atoms with Crippen molar-refractivity contribution in [2.75, 3.05) is 18.0 Å². The summed E-state index contributed by atoms with van der Waals surface area (Å²) in [6.07, 6.45) is 10.8. The summed E-state index contributed by atoms with van der Waals surface area (Å²) < 4.78 is 14.8. The number of carbonyl (C=O) groups excluding carboxylic acids is 2. The van der Waals surface area contributed by atoms with Crippen LogP contribution in [0.1, 0.15) is 30.9 Å². The third-order valence-electron chi connectivity index (χ3n) is 5.90. The predicted octanol–water partition coefficient (Wildman–Crippen LogP) is 4.56. The van der Waals surface area contributed by atoms with Crippen molar-refractivity contribution in [2.45, 2.75) is 31.3 Å². The number of benzene rings is 2. The number of primary amides is 1. The van der Waals surface area contributed by atoms with Gasteiger partial charge in [-0.15, -0.1) is 0 Å². The number of hydrazone groups is 1. The average molecular weight is 496 g/mol. The molecule has 1 fully saturated rings. The minimum absolute atomic E-state index is 0.0230. The molecule has 1 unspecified atom stereocenters. The first-order valence-electron chi connectivity index (χ1n) is 11.5. The van der Waals surface area contributed by atoms with E-state index in [1.54, 1.807) is 42.5 Å². The number of nitrogens with one attached hydrogen (secondary N) is 1. The lowest BCUT2D eigenvalue weighted by Crippen LogP contribution is -2.48. The van der Waals surface area contributed by atoms with Crippen LogP contribution in [0.15, 0.2) is 77.9 Å². The van der Waals surface area contributed by atoms with Gasteiger partial charge >= 0.3 is 6.03 Å². The molecule has 1 aliphatic heterocycles. The number of rotatable bonds is 6. The molecule has 0 saturated carbocycles. The molecule has 0 spiro atoms. The monoisotopic (exact) mass is 495 g/mol. The molecule has 182 valence electrons. The number of amides is 3. The Hall–Kier alpha value is -3.65. The number of nitrogens with zero attached hydrogens (tertiary/aromatic N) is 3. The highest BCUT2D eigenvalue weighted by atomic mass is 35.5. The minimum Gasteiger partial charge on any atom is -0.351 e. The maximum Gasteiger partial charge on any atom is 0.320 e. The van der Waals surface area contributed by atoms with E-state index in [0.29, 0.717) is 10.7 Å². The second-order valence-corrected chi connectivity index (χ2v) is 8.84. The predicted molar refractivity (Wildman–Crippen MR) is 136 cm³/mol. The zero-order chi connectivity index (χ0) is 24.8. The van der Waals surface area contributed by atoms with E-state index in [1.165, 1.54) is 24.6 Å². The second kappa shape index (κ2) is 11.2. The summed E-state index contributed by atoms with van der Waals surface area (Å²) in [4.78, 5) is 27.1. The van der Waals surface area contributed by atoms with Crippen molar-refractivity contribution in [3.05, 3.63) is 89.2 Å². The van der Waals surface area contributed by atoms with Gasteiger partial charge in [0, 0.05) is 29.4 Å². The van der Waals surface area contributed by atoms with Crippen LogP contribution in [0.4, 0.5) is 14.9 Å². The van der Waals surface area contributed by atoms with E-state index < -0.39 is 29.8 Å². The van der Waals surface area contributed by atoms with Gasteiger partial charge in [-0.3, -0.25) is 14.7 Å². The van der Waals surface area contributed by atoms with Gasteiger partial charge in [0.25, 0.3) is 0 Å². The summed E-state index contributed by atoms with van der Waals surface area (Å²) in [6.45, 7) is 1.87. The van der Waals surface area contributed by atoms with E-state index in [2.05, 4.69) is 15.4 Å². The Labute approximate surface area is 208 Å². The van der Waals surface area contributed by atoms with Gasteiger partial charge in [0.05, 0.1) is 11.8 Å². The van der Waals surface area contributed by atoms with Crippen LogP contribution in [-0.4, -0.2) is 41.8 Å². The van der Waals surface area contributed by atoms with Crippen LogP contribution in [0.25, 0.3) is 0 Å². The number of allylic oxidation sites excluding steroid dienone is 2. The Morgan fingerprint density at radius 3 is 2.34 bits per heavy atom. The fourth-order valence-corrected chi connectivity index (χ4v) is 4.30. The highest BCUT2D eigenvalue weighted by molar-refractivity contribution is 6.30. The molecule has 1 aliphatic carbocycles. The van der Waals surface area contributed by atoms with Crippen LogP contribution < -0.4 is 16.0 Å². The van der Waals surface area contributed by atoms with Gasteiger partial charge in [-0.1, -0.05) is 42.0 Å². The lowest BCUT2D eigenvalue weighted by molar-refractivity contribution is -0.122. The van der Waals surface area contributed by atoms with Crippen LogP contribution in [0.5, 0.6) is 0 Å². The third-order valence-corrected chi connectivity index (χ3v) is 6.15. The molecule has 3 N–H and O–H groups in total. The number of hydrogen-bond acceptors (Lipinski definition) is 4. The summed E-state index contributed by atoms with van der Waals surface area (Å²) in [5.74, 6) is -1.21. The average Bonchev–Trinajstić information content (AvgIpc) is 2.85. The summed E-state index contributed by atoms with van der Waals surface area (Å²) >= 11 is 5.98. The molecular weight excluding hydrogens is 469 g/mol. The molecule has 1 atom stereocenters. The molecule has 2 aromatic rings. The number of carbonyl (C=O) groups is 2. The fraction of sp³-hybridized carbons (Fsp3) is 0.269. The maximum absolute atomic E-state index is 14.8. The molecule has 0 aromatic heterocycles. The van der Waals surface area contributed by atoms with Gasteiger partial charge in [-0.05, 0) is 61.7 Å². The second-order valence-electron chi connectivity index (χ2n) is 8.40. The summed E-state index contributed by atoms with van der Waals surface area (Å²) in [6, 6.07) is 9.36. The quantitative estimate of drug-likeness (QED) is 0.615. The maximum atomic E-state index is 14.8. The van der Waals surface area contributed by atoms with E-state index in [9.17, 15) is 14.0 Å². The minimum atomic E-state index is -1.33. The standard InChI is InChI=1S/C26H27ClFN5O2/c27-18-8-14-21(15-9-18)33(26(29)35)24(22-6-2-3-7-23(22)28)25(34)30-19-10-12-20(13-11-19)31-32-16-4-1-5-17-32/h2-3,6-15,19,24H,1,4-5,16-17H2,(H2,29,35)(H,30,34). The molecule has 1 saturated heterocycles. The lowest BCUT2D eigenvalue weighted by atomic mass is 10.0. The van der Waals surface area contributed by atoms with Crippen molar-refractivity contribution in [1.82, 2.24) is 10.3 Å². The Morgan fingerprint density at radius 2 is 1.71 bits per heavy atom. The molecule has 9 heteroatoms. The van der Waals surface area contributed by atoms with Crippen molar-refractivity contribution in [3.8, 4) is 0 Å². The Bertz CT molecular complexity index is 1140. The van der Waals surface area contributed by atoms with Crippen LogP contribution in [0.2, 0.25) is 5.02 Å². The van der Waals surface area contributed by atoms with Crippen molar-refractivity contribution < 1.29 is 14.0 Å². The number of anilines is 1. The summed E-state index contributed by atoms with van der Waals surface area (Å²) in [5.41, 5.74) is 6.81. The topological polar surface area (TPSA) is 91.0 Å². The molecule has 4 rings (SSSR count). The van der Waals surface area contributed by atoms with Crippen LogP contribution >= 0.6 is 11.6 Å². The first-order valence-corrected chi connectivity index (χ1v) is 11.9. The fourth-order valence-electron chi connectivity index (χ4n) is 4.17. The normalized spacial score (nSPS) is 18.2. The molecule has 2 aliphatic rings. The first-order chi connectivity index (χ1) is 16.9. The van der Waals surface area contributed by atoms with Crippen LogP contribution in [0.3, 0.4) is 0 Å². The van der Waals surface area contributed by atoms with Crippen molar-refractivity contribution in [3.63, 3.8) is 0 Å². The van der Waals surface area contributed by atoms with Crippen molar-refractivity contribution in [1.29, 1.82) is 0 Å². The number of hydrogen-bond donors (Lipinski definition) is 2. The zero-order valence-corrected chi connectivity index (χ0v) is 19.9. The van der Waals surface area contributed by atoms with Gasteiger partial charge in [-0.2, -0.15) is 5.10 Å². The molecular formula is C26H27ClFN5O2. The SMILES string of the molecule is NC(=O)N(c1ccc(Cl)cc1)C(C(=O)NC1C=CC(=NN2CCCCC2)C=C1)c1ccccc1F. The summed E-state index contributed by atoms with van der Waals surface area (Å²) in [5, 5.41) is 10.00. The number of piperidine rings is 1. The van der Waals surface area contributed by atoms with Gasteiger partial charge in [0.2, 0.25) is 5.91 Å². The molecule has 7 nitrogen and oxygen atoms in total. The molecule has 3 amide bonds. The van der Waals surface area contributed by atoms with E-state index in [4.69, 9.17) is 17.3 Å². The van der Waals surface area contributed by atoms with Crippen molar-refractivity contribution >= 4 is 34.9 Å². The lowest BCUT2D eigenvalue weighted by Gasteiger charge is -2.31. The Morgan fingerprint density at radius 1 is 1.06 bits per heavy atom. The molecule has 2 aromatic carbocycles. The van der Waals surface area contributed by atoms with E-state index >= 15 is 0 Å². The van der Waals surface area contributed by atoms with E-state index in [-0.39, 0.29) is 5.56 Å². The molecule has 0 bridgehead atoms. The summed E-state index contributed by atoms with van der Waals surface area (Å²) in [7, 11) is 0. The zero-order valence-electron chi connectivity index (χ0n) is 19.1. The van der Waals surface area contributed by atoms with Gasteiger partial charge in [-0.25, -0.2) is 9.18 Å². The van der Waals surface area contributed by atoms with Crippen molar-refractivity contribution in [2.24, 2.45) is 10.8 Å².